The van der Waals surface area contributed by atoms with Crippen molar-refractivity contribution in [3.8, 4) is 0 Å². The van der Waals surface area contributed by atoms with Crippen LogP contribution in [0.25, 0.3) is 0 Å². The van der Waals surface area contributed by atoms with Crippen LogP contribution < -0.4 is 5.32 Å². The first kappa shape index (κ1) is 16.4. The number of carbonyl (C=O) groups is 2. The number of carboxylic acids is 1. The molecule has 1 amide bonds. The van der Waals surface area contributed by atoms with Crippen LogP contribution in [0.1, 0.15) is 57.8 Å². The second-order valence-electron chi connectivity index (χ2n) is 8.95. The Balaban J connectivity index is 1.39. The van der Waals surface area contributed by atoms with Crippen LogP contribution >= 0.6 is 0 Å². The molecule has 0 aromatic carbocycles. The van der Waals surface area contributed by atoms with E-state index >= 15 is 0 Å². The van der Waals surface area contributed by atoms with Gasteiger partial charge in [0.2, 0.25) is 5.91 Å². The van der Waals surface area contributed by atoms with Gasteiger partial charge in [-0.2, -0.15) is 0 Å². The first-order chi connectivity index (χ1) is 11.5. The Morgan fingerprint density at radius 3 is 2.25 bits per heavy atom. The van der Waals surface area contributed by atoms with Crippen LogP contribution in [0.15, 0.2) is 0 Å². The third-order valence-corrected chi connectivity index (χ3v) is 6.95. The van der Waals surface area contributed by atoms with E-state index in [2.05, 4.69) is 5.32 Å². The van der Waals surface area contributed by atoms with Gasteiger partial charge in [-0.05, 0) is 74.5 Å². The van der Waals surface area contributed by atoms with Crippen molar-refractivity contribution in [1.82, 2.24) is 5.32 Å². The van der Waals surface area contributed by atoms with Gasteiger partial charge in [0.25, 0.3) is 0 Å². The molecule has 24 heavy (non-hydrogen) atoms. The minimum absolute atomic E-state index is 0.0603. The monoisotopic (exact) mass is 335 g/mol. The molecule has 1 saturated heterocycles. The van der Waals surface area contributed by atoms with Gasteiger partial charge in [0, 0.05) is 18.9 Å². The molecule has 2 atom stereocenters. The predicted octanol–water partition coefficient (Wildman–Crippen LogP) is 2.59. The number of amides is 1. The average molecular weight is 335 g/mol. The molecule has 134 valence electrons. The van der Waals surface area contributed by atoms with Gasteiger partial charge < -0.3 is 15.2 Å². The fourth-order valence-corrected chi connectivity index (χ4v) is 6.48. The standard InChI is InChI=1S/C19H29NO4/c21-16(20-17(18(22)23)15-2-1-3-24-11-15)10-19-7-12-4-13(8-19)6-14(5-12)9-19/h12-15,17H,1-11H2,(H,20,21)(H,22,23). The molecule has 1 aliphatic heterocycles. The normalized spacial score (nSPS) is 41.8. The molecule has 5 fully saturated rings. The van der Waals surface area contributed by atoms with Crippen LogP contribution in [0.5, 0.6) is 0 Å². The highest BCUT2D eigenvalue weighted by Gasteiger charge is 2.51. The molecule has 4 aliphatic carbocycles. The summed E-state index contributed by atoms with van der Waals surface area (Å²) in [6, 6.07) is -0.799. The van der Waals surface area contributed by atoms with E-state index in [-0.39, 0.29) is 17.2 Å². The summed E-state index contributed by atoms with van der Waals surface area (Å²) in [5.41, 5.74) is 0.158. The Morgan fingerprint density at radius 1 is 1.12 bits per heavy atom. The highest BCUT2D eigenvalue weighted by Crippen LogP contribution is 2.61. The zero-order chi connectivity index (χ0) is 16.7. The van der Waals surface area contributed by atoms with Gasteiger partial charge >= 0.3 is 5.97 Å². The highest BCUT2D eigenvalue weighted by atomic mass is 16.5. The van der Waals surface area contributed by atoms with Crippen molar-refractivity contribution in [1.29, 1.82) is 0 Å². The maximum Gasteiger partial charge on any atom is 0.326 e. The highest BCUT2D eigenvalue weighted by molar-refractivity contribution is 5.84. The Kier molecular flexibility index (Phi) is 4.31. The number of rotatable bonds is 5. The minimum Gasteiger partial charge on any atom is -0.480 e. The molecule has 4 bridgehead atoms. The maximum atomic E-state index is 12.7. The molecule has 0 radical (unpaired) electrons. The van der Waals surface area contributed by atoms with E-state index in [1.165, 1.54) is 38.5 Å². The van der Waals surface area contributed by atoms with Gasteiger partial charge in [0.15, 0.2) is 0 Å². The van der Waals surface area contributed by atoms with Gasteiger partial charge in [-0.3, -0.25) is 4.79 Å². The third kappa shape index (κ3) is 3.19. The molecule has 5 heteroatoms. The Bertz CT molecular complexity index is 476. The lowest BCUT2D eigenvalue weighted by Gasteiger charge is -2.56. The van der Waals surface area contributed by atoms with Crippen molar-refractivity contribution in [2.45, 2.75) is 63.8 Å². The maximum absolute atomic E-state index is 12.7. The minimum atomic E-state index is -0.927. The SMILES string of the molecule is O=C(CC12CC3CC(CC(C3)C1)C2)NC(C(=O)O)C1CCCOC1. The van der Waals surface area contributed by atoms with Crippen molar-refractivity contribution in [2.75, 3.05) is 13.2 Å². The quantitative estimate of drug-likeness (QED) is 0.810. The number of aliphatic carboxylic acids is 1. The predicted molar refractivity (Wildman–Crippen MR) is 88.3 cm³/mol. The van der Waals surface area contributed by atoms with Crippen LogP contribution in [-0.2, 0) is 14.3 Å². The van der Waals surface area contributed by atoms with E-state index in [4.69, 9.17) is 4.74 Å². The Hall–Kier alpha value is -1.10. The number of carbonyl (C=O) groups excluding carboxylic acids is 1. The summed E-state index contributed by atoms with van der Waals surface area (Å²) < 4.78 is 5.41. The summed E-state index contributed by atoms with van der Waals surface area (Å²) >= 11 is 0. The Labute approximate surface area is 143 Å². The summed E-state index contributed by atoms with van der Waals surface area (Å²) in [6.07, 6.45) is 9.82. The number of nitrogens with one attached hydrogen (secondary N) is 1. The van der Waals surface area contributed by atoms with Crippen molar-refractivity contribution < 1.29 is 19.4 Å². The van der Waals surface area contributed by atoms with Gasteiger partial charge in [-0.25, -0.2) is 4.79 Å². The number of hydrogen-bond acceptors (Lipinski definition) is 3. The molecule has 2 N–H and O–H groups in total. The molecule has 5 nitrogen and oxygen atoms in total. The topological polar surface area (TPSA) is 75.6 Å². The van der Waals surface area contributed by atoms with E-state index in [1.807, 2.05) is 0 Å². The molecule has 0 spiro atoms. The molecule has 0 aromatic heterocycles. The fourth-order valence-electron chi connectivity index (χ4n) is 6.48. The summed E-state index contributed by atoms with van der Waals surface area (Å²) in [7, 11) is 0. The van der Waals surface area contributed by atoms with E-state index < -0.39 is 12.0 Å². The van der Waals surface area contributed by atoms with E-state index in [9.17, 15) is 14.7 Å². The summed E-state index contributed by atoms with van der Waals surface area (Å²) in [5.74, 6) is 1.35. The number of carboxylic acid groups (broad SMARTS) is 1. The summed E-state index contributed by atoms with van der Waals surface area (Å²) in [5, 5.41) is 12.4. The summed E-state index contributed by atoms with van der Waals surface area (Å²) in [4.78, 5) is 24.3. The van der Waals surface area contributed by atoms with Crippen LogP contribution in [0, 0.1) is 29.1 Å². The smallest absolute Gasteiger partial charge is 0.326 e. The second kappa shape index (κ2) is 6.32. The van der Waals surface area contributed by atoms with Crippen molar-refractivity contribution >= 4 is 11.9 Å². The lowest BCUT2D eigenvalue weighted by molar-refractivity contribution is -0.146. The molecular formula is C19H29NO4. The zero-order valence-corrected chi connectivity index (χ0v) is 14.3. The van der Waals surface area contributed by atoms with Gasteiger partial charge in [0.1, 0.15) is 6.04 Å². The fraction of sp³-hybridized carbons (Fsp3) is 0.895. The van der Waals surface area contributed by atoms with Gasteiger partial charge in [-0.1, -0.05) is 0 Å². The second-order valence-corrected chi connectivity index (χ2v) is 8.95. The molecule has 2 unspecified atom stereocenters. The van der Waals surface area contributed by atoms with E-state index in [0.29, 0.717) is 19.6 Å². The number of hydrogen-bond donors (Lipinski definition) is 2. The average Bonchev–Trinajstić information content (AvgIpc) is 2.51. The molecule has 0 aromatic rings. The van der Waals surface area contributed by atoms with Crippen molar-refractivity contribution in [2.24, 2.45) is 29.1 Å². The third-order valence-electron chi connectivity index (χ3n) is 6.95. The molecule has 4 saturated carbocycles. The number of ether oxygens (including phenoxy) is 1. The van der Waals surface area contributed by atoms with Crippen LogP contribution in [0.3, 0.4) is 0 Å². The first-order valence-corrected chi connectivity index (χ1v) is 9.63. The van der Waals surface area contributed by atoms with Crippen LogP contribution in [-0.4, -0.2) is 36.2 Å². The largest absolute Gasteiger partial charge is 0.480 e. The summed E-state index contributed by atoms with van der Waals surface area (Å²) in [6.45, 7) is 1.14. The van der Waals surface area contributed by atoms with Crippen LogP contribution in [0.2, 0.25) is 0 Å². The van der Waals surface area contributed by atoms with Crippen LogP contribution in [0.4, 0.5) is 0 Å². The molecule has 5 aliphatic rings. The first-order valence-electron chi connectivity index (χ1n) is 9.63. The van der Waals surface area contributed by atoms with E-state index in [1.54, 1.807) is 0 Å². The van der Waals surface area contributed by atoms with Gasteiger partial charge in [-0.15, -0.1) is 0 Å². The van der Waals surface area contributed by atoms with E-state index in [0.717, 1.165) is 30.6 Å². The zero-order valence-electron chi connectivity index (χ0n) is 14.3. The molecule has 1 heterocycles. The molecule has 5 rings (SSSR count). The molecular weight excluding hydrogens is 306 g/mol. The lowest BCUT2D eigenvalue weighted by Crippen LogP contribution is -2.52. The van der Waals surface area contributed by atoms with Crippen molar-refractivity contribution in [3.05, 3.63) is 0 Å². The lowest BCUT2D eigenvalue weighted by atomic mass is 9.49. The van der Waals surface area contributed by atoms with Gasteiger partial charge in [0.05, 0.1) is 6.61 Å². The van der Waals surface area contributed by atoms with Crippen molar-refractivity contribution in [3.63, 3.8) is 0 Å². The Morgan fingerprint density at radius 2 is 1.75 bits per heavy atom.